The van der Waals surface area contributed by atoms with Crippen LogP contribution in [-0.4, -0.2) is 29.0 Å². The SMILES string of the molecule is CCN(CC)c1ccc(NC(=O)CCc2nc3sc4c(c3c(=O)[nH]2)CCC4)cc1. The number of nitrogens with one attached hydrogen (secondary N) is 2. The molecule has 0 unspecified atom stereocenters. The molecule has 1 aromatic carbocycles. The maximum atomic E-state index is 12.5. The van der Waals surface area contributed by atoms with Gasteiger partial charge in [-0.1, -0.05) is 0 Å². The van der Waals surface area contributed by atoms with Gasteiger partial charge in [0.15, 0.2) is 0 Å². The molecule has 7 heteroatoms. The Kier molecular flexibility index (Phi) is 5.67. The number of aromatic nitrogens is 2. The molecule has 4 rings (SSSR count). The number of carbonyl (C=O) groups excluding carboxylic acids is 1. The Hall–Kier alpha value is -2.67. The maximum absolute atomic E-state index is 12.5. The number of fused-ring (bicyclic) bond motifs is 3. The van der Waals surface area contributed by atoms with Gasteiger partial charge in [-0.15, -0.1) is 11.3 Å². The normalized spacial score (nSPS) is 12.9. The number of anilines is 2. The highest BCUT2D eigenvalue weighted by molar-refractivity contribution is 7.18. The van der Waals surface area contributed by atoms with Crippen molar-refractivity contribution in [3.05, 3.63) is 50.9 Å². The Morgan fingerprint density at radius 1 is 1.21 bits per heavy atom. The minimum atomic E-state index is -0.0861. The van der Waals surface area contributed by atoms with Crippen molar-refractivity contribution < 1.29 is 4.79 Å². The van der Waals surface area contributed by atoms with Gasteiger partial charge in [-0.05, 0) is 62.9 Å². The number of aromatic amines is 1. The van der Waals surface area contributed by atoms with Crippen molar-refractivity contribution in [3.8, 4) is 0 Å². The third-order valence-corrected chi connectivity index (χ3v) is 6.68. The molecule has 3 aromatic rings. The second-order valence-corrected chi connectivity index (χ2v) is 8.40. The number of amides is 1. The molecule has 0 aliphatic heterocycles. The first-order chi connectivity index (χ1) is 14.1. The van der Waals surface area contributed by atoms with Crippen molar-refractivity contribution in [2.75, 3.05) is 23.3 Å². The van der Waals surface area contributed by atoms with Crippen LogP contribution in [0.3, 0.4) is 0 Å². The van der Waals surface area contributed by atoms with E-state index < -0.39 is 0 Å². The highest BCUT2D eigenvalue weighted by Gasteiger charge is 2.21. The van der Waals surface area contributed by atoms with Crippen LogP contribution in [0.4, 0.5) is 11.4 Å². The summed E-state index contributed by atoms with van der Waals surface area (Å²) in [5.74, 6) is 0.492. The predicted molar refractivity (Wildman–Crippen MR) is 119 cm³/mol. The van der Waals surface area contributed by atoms with Crippen molar-refractivity contribution >= 4 is 38.8 Å². The van der Waals surface area contributed by atoms with Crippen LogP contribution in [-0.2, 0) is 24.1 Å². The molecule has 0 fully saturated rings. The largest absolute Gasteiger partial charge is 0.372 e. The molecule has 2 heterocycles. The third-order valence-electron chi connectivity index (χ3n) is 5.49. The second-order valence-electron chi connectivity index (χ2n) is 7.32. The van der Waals surface area contributed by atoms with E-state index in [9.17, 15) is 9.59 Å². The summed E-state index contributed by atoms with van der Waals surface area (Å²) < 4.78 is 0. The smallest absolute Gasteiger partial charge is 0.259 e. The summed E-state index contributed by atoms with van der Waals surface area (Å²) in [6.07, 6.45) is 3.82. The van der Waals surface area contributed by atoms with Crippen LogP contribution >= 0.6 is 11.3 Å². The minimum Gasteiger partial charge on any atom is -0.372 e. The van der Waals surface area contributed by atoms with E-state index in [2.05, 4.69) is 34.0 Å². The Labute approximate surface area is 174 Å². The zero-order valence-corrected chi connectivity index (χ0v) is 17.7. The van der Waals surface area contributed by atoms with Gasteiger partial charge in [0.05, 0.1) is 5.39 Å². The molecule has 0 radical (unpaired) electrons. The monoisotopic (exact) mass is 410 g/mol. The van der Waals surface area contributed by atoms with Crippen molar-refractivity contribution in [1.82, 2.24) is 9.97 Å². The topological polar surface area (TPSA) is 78.1 Å². The number of H-pyrrole nitrogens is 1. The number of aryl methyl sites for hydroxylation is 3. The van der Waals surface area contributed by atoms with E-state index in [4.69, 9.17) is 0 Å². The standard InChI is InChI=1S/C22H26N4O2S/c1-3-26(4-2)15-10-8-14(9-11-15)23-19(27)13-12-18-24-21(28)20-16-6-5-7-17(16)29-22(20)25-18/h8-11H,3-7,12-13H2,1-2H3,(H,23,27)(H,24,25,28). The Balaban J connectivity index is 1.39. The summed E-state index contributed by atoms with van der Waals surface area (Å²) in [5, 5.41) is 3.68. The van der Waals surface area contributed by atoms with Crippen LogP contribution in [0.5, 0.6) is 0 Å². The zero-order chi connectivity index (χ0) is 20.4. The first-order valence-electron chi connectivity index (χ1n) is 10.3. The van der Waals surface area contributed by atoms with E-state index in [0.717, 1.165) is 53.9 Å². The molecule has 152 valence electrons. The summed E-state index contributed by atoms with van der Waals surface area (Å²) in [5.41, 5.74) is 3.02. The molecule has 0 atom stereocenters. The quantitative estimate of drug-likeness (QED) is 0.619. The van der Waals surface area contributed by atoms with Crippen LogP contribution in [0, 0.1) is 0 Å². The van der Waals surface area contributed by atoms with Gasteiger partial charge >= 0.3 is 0 Å². The number of nitrogens with zero attached hydrogens (tertiary/aromatic N) is 2. The first kappa shape index (κ1) is 19.6. The lowest BCUT2D eigenvalue weighted by Crippen LogP contribution is -2.21. The number of benzene rings is 1. The van der Waals surface area contributed by atoms with Gasteiger partial charge in [0.1, 0.15) is 10.7 Å². The summed E-state index contributed by atoms with van der Waals surface area (Å²) in [7, 11) is 0. The zero-order valence-electron chi connectivity index (χ0n) is 16.9. The second kappa shape index (κ2) is 8.37. The van der Waals surface area contributed by atoms with Crippen LogP contribution in [0.25, 0.3) is 10.2 Å². The summed E-state index contributed by atoms with van der Waals surface area (Å²) in [6, 6.07) is 7.88. The van der Waals surface area contributed by atoms with Gasteiger partial charge in [-0.2, -0.15) is 0 Å². The van der Waals surface area contributed by atoms with Gasteiger partial charge in [0.2, 0.25) is 5.91 Å². The Bertz CT molecular complexity index is 1080. The van der Waals surface area contributed by atoms with Crippen molar-refractivity contribution in [2.24, 2.45) is 0 Å². The Morgan fingerprint density at radius 3 is 2.69 bits per heavy atom. The highest BCUT2D eigenvalue weighted by atomic mass is 32.1. The number of hydrogen-bond donors (Lipinski definition) is 2. The van der Waals surface area contributed by atoms with Crippen LogP contribution in [0.15, 0.2) is 29.1 Å². The van der Waals surface area contributed by atoms with Crippen LogP contribution in [0.1, 0.15) is 43.0 Å². The first-order valence-corrected chi connectivity index (χ1v) is 11.1. The lowest BCUT2D eigenvalue weighted by Gasteiger charge is -2.21. The van der Waals surface area contributed by atoms with E-state index >= 15 is 0 Å². The predicted octanol–water partition coefficient (Wildman–Crippen LogP) is 3.89. The van der Waals surface area contributed by atoms with E-state index in [1.54, 1.807) is 11.3 Å². The molecule has 2 aromatic heterocycles. The molecule has 0 bridgehead atoms. The number of hydrogen-bond acceptors (Lipinski definition) is 5. The van der Waals surface area contributed by atoms with E-state index in [-0.39, 0.29) is 17.9 Å². The molecule has 1 aliphatic carbocycles. The highest BCUT2D eigenvalue weighted by Crippen LogP contribution is 2.34. The van der Waals surface area contributed by atoms with Crippen molar-refractivity contribution in [2.45, 2.75) is 46.0 Å². The van der Waals surface area contributed by atoms with Crippen LogP contribution < -0.4 is 15.8 Å². The van der Waals surface area contributed by atoms with Gasteiger partial charge < -0.3 is 15.2 Å². The molecule has 2 N–H and O–H groups in total. The fraction of sp³-hybridized carbons (Fsp3) is 0.409. The van der Waals surface area contributed by atoms with E-state index in [0.29, 0.717) is 12.2 Å². The number of carbonyl (C=O) groups is 1. The molecular weight excluding hydrogens is 384 g/mol. The van der Waals surface area contributed by atoms with E-state index in [1.807, 2.05) is 24.3 Å². The van der Waals surface area contributed by atoms with Gasteiger partial charge in [0, 0.05) is 42.2 Å². The summed E-state index contributed by atoms with van der Waals surface area (Å²) in [4.78, 5) is 36.7. The Morgan fingerprint density at radius 2 is 1.97 bits per heavy atom. The molecule has 0 saturated heterocycles. The minimum absolute atomic E-state index is 0.0724. The van der Waals surface area contributed by atoms with Crippen molar-refractivity contribution in [1.29, 1.82) is 0 Å². The van der Waals surface area contributed by atoms with Crippen LogP contribution in [0.2, 0.25) is 0 Å². The summed E-state index contributed by atoms with van der Waals surface area (Å²) in [6.45, 7) is 6.15. The molecule has 29 heavy (non-hydrogen) atoms. The number of thiophene rings is 1. The fourth-order valence-corrected chi connectivity index (χ4v) is 5.25. The lowest BCUT2D eigenvalue weighted by molar-refractivity contribution is -0.116. The molecule has 6 nitrogen and oxygen atoms in total. The molecule has 1 amide bonds. The molecule has 0 saturated carbocycles. The molecule has 0 spiro atoms. The number of rotatable bonds is 7. The van der Waals surface area contributed by atoms with Crippen molar-refractivity contribution in [3.63, 3.8) is 0 Å². The van der Waals surface area contributed by atoms with Gasteiger partial charge in [-0.3, -0.25) is 9.59 Å². The average molecular weight is 411 g/mol. The molecule has 1 aliphatic rings. The lowest BCUT2D eigenvalue weighted by atomic mass is 10.2. The average Bonchev–Trinajstić information content (AvgIpc) is 3.29. The van der Waals surface area contributed by atoms with E-state index in [1.165, 1.54) is 10.4 Å². The fourth-order valence-electron chi connectivity index (χ4n) is 3.97. The third kappa shape index (κ3) is 4.05. The van der Waals surface area contributed by atoms with Gasteiger partial charge in [-0.25, -0.2) is 4.98 Å². The summed E-state index contributed by atoms with van der Waals surface area (Å²) >= 11 is 1.62. The molecular formula is C22H26N4O2S. The maximum Gasteiger partial charge on any atom is 0.259 e. The van der Waals surface area contributed by atoms with Gasteiger partial charge in [0.25, 0.3) is 5.56 Å².